The van der Waals surface area contributed by atoms with Gasteiger partial charge in [0.25, 0.3) is 0 Å². The molecule has 2 rings (SSSR count). The molecule has 1 aromatic carbocycles. The third-order valence-electron chi connectivity index (χ3n) is 2.55. The van der Waals surface area contributed by atoms with E-state index < -0.39 is 0 Å². The minimum atomic E-state index is -0.224. The highest BCUT2D eigenvalue weighted by Crippen LogP contribution is 2.08. The van der Waals surface area contributed by atoms with Crippen LogP contribution in [0, 0.1) is 13.8 Å². The quantitative estimate of drug-likeness (QED) is 0.782. The van der Waals surface area contributed by atoms with Crippen LogP contribution >= 0.6 is 0 Å². The number of amides is 2. The Balaban J connectivity index is 1.76. The van der Waals surface area contributed by atoms with Gasteiger partial charge < -0.3 is 10.6 Å². The van der Waals surface area contributed by atoms with Crippen LogP contribution in [0.3, 0.4) is 0 Å². The number of H-pyrrole nitrogens is 1. The van der Waals surface area contributed by atoms with Crippen molar-refractivity contribution in [2.75, 3.05) is 11.9 Å². The third-order valence-corrected chi connectivity index (χ3v) is 2.55. The molecule has 0 aliphatic rings. The molecule has 100 valence electrons. The predicted molar refractivity (Wildman–Crippen MR) is 73.0 cm³/mol. The zero-order valence-corrected chi connectivity index (χ0v) is 11.0. The molecule has 19 heavy (non-hydrogen) atoms. The molecule has 1 aromatic heterocycles. The van der Waals surface area contributed by atoms with Gasteiger partial charge in [0.1, 0.15) is 5.82 Å². The van der Waals surface area contributed by atoms with Gasteiger partial charge in [0.05, 0.1) is 0 Å². The smallest absolute Gasteiger partial charge is 0.319 e. The topological polar surface area (TPSA) is 82.7 Å². The number of carbonyl (C=O) groups is 1. The minimum absolute atomic E-state index is 0.224. The maximum absolute atomic E-state index is 11.6. The van der Waals surface area contributed by atoms with Crippen LogP contribution in [0.1, 0.15) is 17.2 Å². The number of hydrogen-bond acceptors (Lipinski definition) is 3. The van der Waals surface area contributed by atoms with E-state index in [-0.39, 0.29) is 6.03 Å². The zero-order valence-electron chi connectivity index (χ0n) is 11.0. The number of hydrogen-bond donors (Lipinski definition) is 3. The molecule has 6 nitrogen and oxygen atoms in total. The number of aromatic amines is 1. The van der Waals surface area contributed by atoms with E-state index in [1.165, 1.54) is 0 Å². The van der Waals surface area contributed by atoms with Crippen molar-refractivity contribution in [3.05, 3.63) is 41.5 Å². The highest BCUT2D eigenvalue weighted by molar-refractivity contribution is 5.89. The second-order valence-corrected chi connectivity index (χ2v) is 4.34. The number of benzene rings is 1. The van der Waals surface area contributed by atoms with Gasteiger partial charge in [-0.3, -0.25) is 5.10 Å². The summed E-state index contributed by atoms with van der Waals surface area (Å²) in [6.07, 6.45) is 0.603. The highest BCUT2D eigenvalue weighted by Gasteiger charge is 2.03. The fourth-order valence-electron chi connectivity index (χ4n) is 1.69. The summed E-state index contributed by atoms with van der Waals surface area (Å²) in [6.45, 7) is 4.32. The number of anilines is 1. The van der Waals surface area contributed by atoms with Crippen LogP contribution in [0.25, 0.3) is 0 Å². The van der Waals surface area contributed by atoms with Gasteiger partial charge in [-0.15, -0.1) is 0 Å². The molecule has 0 aliphatic carbocycles. The molecule has 0 aliphatic heterocycles. The molecule has 0 fully saturated rings. The summed E-state index contributed by atoms with van der Waals surface area (Å²) in [7, 11) is 0. The van der Waals surface area contributed by atoms with Crippen molar-refractivity contribution >= 4 is 11.7 Å². The van der Waals surface area contributed by atoms with Gasteiger partial charge in [0.2, 0.25) is 0 Å². The molecule has 0 bridgehead atoms. The van der Waals surface area contributed by atoms with E-state index in [0.717, 1.165) is 17.1 Å². The van der Waals surface area contributed by atoms with E-state index >= 15 is 0 Å². The molecule has 0 unspecified atom stereocenters. The van der Waals surface area contributed by atoms with Gasteiger partial charge in [-0.2, -0.15) is 5.10 Å². The van der Waals surface area contributed by atoms with Crippen LogP contribution in [0.5, 0.6) is 0 Å². The van der Waals surface area contributed by atoms with E-state index in [1.807, 2.05) is 38.1 Å². The van der Waals surface area contributed by atoms with Crippen molar-refractivity contribution in [2.45, 2.75) is 20.3 Å². The van der Waals surface area contributed by atoms with Crippen LogP contribution in [0.15, 0.2) is 24.3 Å². The molecule has 0 radical (unpaired) electrons. The zero-order chi connectivity index (χ0) is 13.7. The second-order valence-electron chi connectivity index (χ2n) is 4.34. The number of nitrogens with one attached hydrogen (secondary N) is 3. The third kappa shape index (κ3) is 4.09. The largest absolute Gasteiger partial charge is 0.337 e. The maximum atomic E-state index is 11.6. The molecule has 2 amide bonds. The van der Waals surface area contributed by atoms with Crippen LogP contribution in [0.2, 0.25) is 0 Å². The Kier molecular flexibility index (Phi) is 4.12. The summed E-state index contributed by atoms with van der Waals surface area (Å²) in [5.41, 5.74) is 1.89. The first-order valence-electron chi connectivity index (χ1n) is 6.13. The van der Waals surface area contributed by atoms with E-state index in [9.17, 15) is 4.79 Å². The fraction of sp³-hybridized carbons (Fsp3) is 0.308. The molecule has 0 saturated carbocycles. The monoisotopic (exact) mass is 259 g/mol. The second kappa shape index (κ2) is 5.99. The molecular weight excluding hydrogens is 242 g/mol. The van der Waals surface area contributed by atoms with Gasteiger partial charge in [-0.25, -0.2) is 9.78 Å². The van der Waals surface area contributed by atoms with Gasteiger partial charge in [0.15, 0.2) is 5.82 Å². The van der Waals surface area contributed by atoms with Crippen molar-refractivity contribution in [2.24, 2.45) is 0 Å². The summed E-state index contributed by atoms with van der Waals surface area (Å²) < 4.78 is 0. The Morgan fingerprint density at radius 1 is 1.37 bits per heavy atom. The van der Waals surface area contributed by atoms with Crippen molar-refractivity contribution < 1.29 is 4.79 Å². The first kappa shape index (κ1) is 13.1. The number of rotatable bonds is 4. The van der Waals surface area contributed by atoms with Crippen molar-refractivity contribution in [1.29, 1.82) is 0 Å². The van der Waals surface area contributed by atoms with Gasteiger partial charge >= 0.3 is 6.03 Å². The molecule has 0 saturated heterocycles. The molecule has 3 N–H and O–H groups in total. The number of urea groups is 1. The molecule has 0 atom stereocenters. The summed E-state index contributed by atoms with van der Waals surface area (Å²) in [5.74, 6) is 1.48. The molecule has 6 heteroatoms. The van der Waals surface area contributed by atoms with Crippen LogP contribution in [-0.4, -0.2) is 27.8 Å². The number of aromatic nitrogens is 3. The summed E-state index contributed by atoms with van der Waals surface area (Å²) in [4.78, 5) is 15.8. The molecule has 0 spiro atoms. The lowest BCUT2D eigenvalue weighted by Gasteiger charge is -2.07. The van der Waals surface area contributed by atoms with Crippen molar-refractivity contribution in [3.8, 4) is 0 Å². The van der Waals surface area contributed by atoms with Gasteiger partial charge in [-0.1, -0.05) is 12.1 Å². The van der Waals surface area contributed by atoms with Crippen molar-refractivity contribution in [3.63, 3.8) is 0 Å². The molecule has 1 heterocycles. The SMILES string of the molecule is Cc1cccc(NC(=O)NCCc2n[nH]c(C)n2)c1. The summed E-state index contributed by atoms with van der Waals surface area (Å²) in [5, 5.41) is 12.3. The number of carbonyl (C=O) groups excluding carboxylic acids is 1. The van der Waals surface area contributed by atoms with Crippen LogP contribution < -0.4 is 10.6 Å². The molecule has 2 aromatic rings. The van der Waals surface area contributed by atoms with Crippen LogP contribution in [0.4, 0.5) is 10.5 Å². The van der Waals surface area contributed by atoms with Gasteiger partial charge in [-0.05, 0) is 31.5 Å². The lowest BCUT2D eigenvalue weighted by atomic mass is 10.2. The van der Waals surface area contributed by atoms with Crippen molar-refractivity contribution in [1.82, 2.24) is 20.5 Å². The maximum Gasteiger partial charge on any atom is 0.319 e. The Morgan fingerprint density at radius 3 is 2.89 bits per heavy atom. The fourth-order valence-corrected chi connectivity index (χ4v) is 1.69. The first-order valence-corrected chi connectivity index (χ1v) is 6.13. The number of nitrogens with zero attached hydrogens (tertiary/aromatic N) is 2. The van der Waals surface area contributed by atoms with E-state index in [0.29, 0.717) is 18.8 Å². The van der Waals surface area contributed by atoms with Gasteiger partial charge in [0, 0.05) is 18.7 Å². The minimum Gasteiger partial charge on any atom is -0.337 e. The van der Waals surface area contributed by atoms with Crippen LogP contribution in [-0.2, 0) is 6.42 Å². The lowest BCUT2D eigenvalue weighted by Crippen LogP contribution is -2.30. The van der Waals surface area contributed by atoms with E-state index in [2.05, 4.69) is 25.8 Å². The Morgan fingerprint density at radius 2 is 2.21 bits per heavy atom. The molecular formula is C13H17N5O. The average molecular weight is 259 g/mol. The van der Waals surface area contributed by atoms with E-state index in [1.54, 1.807) is 0 Å². The average Bonchev–Trinajstić information content (AvgIpc) is 2.75. The Labute approximate surface area is 111 Å². The first-order chi connectivity index (χ1) is 9.13. The summed E-state index contributed by atoms with van der Waals surface area (Å²) >= 11 is 0. The predicted octanol–water partition coefficient (Wildman–Crippen LogP) is 1.79. The number of aryl methyl sites for hydroxylation is 2. The summed E-state index contributed by atoms with van der Waals surface area (Å²) in [6, 6.07) is 7.43. The Bertz CT molecular complexity index is 564. The Hall–Kier alpha value is -2.37. The highest BCUT2D eigenvalue weighted by atomic mass is 16.2. The standard InChI is InChI=1S/C13H17N5O/c1-9-4-3-5-11(8-9)16-13(19)14-7-6-12-15-10(2)17-18-12/h3-5,8H,6-7H2,1-2H3,(H2,14,16,19)(H,15,17,18). The normalized spacial score (nSPS) is 10.2. The van der Waals surface area contributed by atoms with E-state index in [4.69, 9.17) is 0 Å². The lowest BCUT2D eigenvalue weighted by molar-refractivity contribution is 0.252.